The third-order valence-electron chi connectivity index (χ3n) is 3.94. The molecule has 0 radical (unpaired) electrons. The topological polar surface area (TPSA) is 32.3 Å². The quantitative estimate of drug-likeness (QED) is 0.866. The van der Waals surface area contributed by atoms with Crippen LogP contribution in [-0.4, -0.2) is 37.0 Å². The highest BCUT2D eigenvalue weighted by Crippen LogP contribution is 2.19. The molecule has 3 heteroatoms. The van der Waals surface area contributed by atoms with Gasteiger partial charge in [-0.3, -0.25) is 4.79 Å². The van der Waals surface area contributed by atoms with Crippen molar-refractivity contribution in [2.45, 2.75) is 26.3 Å². The molecule has 0 aromatic heterocycles. The van der Waals surface area contributed by atoms with Crippen molar-refractivity contribution in [3.8, 4) is 0 Å². The number of likely N-dealkylation sites (tertiary alicyclic amines) is 1. The zero-order valence-corrected chi connectivity index (χ0v) is 11.4. The molecule has 0 bridgehead atoms. The van der Waals surface area contributed by atoms with Gasteiger partial charge in [0.2, 0.25) is 0 Å². The van der Waals surface area contributed by atoms with Gasteiger partial charge in [-0.15, -0.1) is 0 Å². The molecule has 2 rings (SSSR count). The Balaban J connectivity index is 2.10. The maximum atomic E-state index is 12.5. The second-order valence-corrected chi connectivity index (χ2v) is 5.23. The van der Waals surface area contributed by atoms with Gasteiger partial charge in [0.25, 0.3) is 5.91 Å². The lowest BCUT2D eigenvalue weighted by Gasteiger charge is -2.37. The molecule has 1 aliphatic heterocycles. The number of hydrogen-bond donors (Lipinski definition) is 1. The Labute approximate surface area is 109 Å². The van der Waals surface area contributed by atoms with Gasteiger partial charge in [0, 0.05) is 24.7 Å². The average Bonchev–Trinajstić information content (AvgIpc) is 2.38. The summed E-state index contributed by atoms with van der Waals surface area (Å²) >= 11 is 0. The van der Waals surface area contributed by atoms with Crippen molar-refractivity contribution < 1.29 is 4.79 Å². The van der Waals surface area contributed by atoms with Crippen LogP contribution in [0.25, 0.3) is 0 Å². The molecule has 1 aromatic carbocycles. The van der Waals surface area contributed by atoms with Crippen LogP contribution in [0, 0.1) is 12.8 Å². The second-order valence-electron chi connectivity index (χ2n) is 5.23. The molecule has 1 aromatic rings. The Morgan fingerprint density at radius 1 is 1.39 bits per heavy atom. The lowest BCUT2D eigenvalue weighted by molar-refractivity contribution is 0.0648. The predicted molar refractivity (Wildman–Crippen MR) is 73.7 cm³/mol. The van der Waals surface area contributed by atoms with E-state index in [4.69, 9.17) is 0 Å². The van der Waals surface area contributed by atoms with E-state index < -0.39 is 0 Å². The predicted octanol–water partition coefficient (Wildman–Crippen LogP) is 2.07. The van der Waals surface area contributed by atoms with E-state index in [9.17, 15) is 4.79 Å². The van der Waals surface area contributed by atoms with E-state index >= 15 is 0 Å². The van der Waals surface area contributed by atoms with Gasteiger partial charge < -0.3 is 10.2 Å². The van der Waals surface area contributed by atoms with Gasteiger partial charge in [-0.2, -0.15) is 0 Å². The van der Waals surface area contributed by atoms with E-state index in [1.54, 1.807) is 0 Å². The number of benzene rings is 1. The number of piperidine rings is 1. The first-order valence-electron chi connectivity index (χ1n) is 6.65. The number of nitrogens with one attached hydrogen (secondary N) is 1. The maximum absolute atomic E-state index is 12.5. The molecule has 18 heavy (non-hydrogen) atoms. The van der Waals surface area contributed by atoms with Crippen LogP contribution in [0.15, 0.2) is 24.3 Å². The average molecular weight is 246 g/mol. The molecule has 1 fully saturated rings. The molecule has 3 nitrogen and oxygen atoms in total. The first-order valence-corrected chi connectivity index (χ1v) is 6.65. The van der Waals surface area contributed by atoms with Crippen molar-refractivity contribution in [2.75, 3.05) is 20.1 Å². The van der Waals surface area contributed by atoms with E-state index in [0.717, 1.165) is 30.6 Å². The summed E-state index contributed by atoms with van der Waals surface area (Å²) in [5.41, 5.74) is 1.90. The number of carbonyl (C=O) groups is 1. The number of nitrogens with zero attached hydrogens (tertiary/aromatic N) is 1. The number of aryl methyl sites for hydroxylation is 1. The molecule has 98 valence electrons. The third-order valence-corrected chi connectivity index (χ3v) is 3.94. The number of rotatable bonds is 2. The highest BCUT2D eigenvalue weighted by Gasteiger charge is 2.28. The number of carbonyl (C=O) groups excluding carboxylic acids is 1. The van der Waals surface area contributed by atoms with Crippen LogP contribution in [0.1, 0.15) is 29.3 Å². The van der Waals surface area contributed by atoms with Gasteiger partial charge in [-0.1, -0.05) is 25.1 Å². The Bertz CT molecular complexity index is 430. The van der Waals surface area contributed by atoms with Gasteiger partial charge in [0.1, 0.15) is 0 Å². The summed E-state index contributed by atoms with van der Waals surface area (Å²) in [7, 11) is 2.00. The molecular formula is C15H22N2O. The number of amides is 1. The van der Waals surface area contributed by atoms with Gasteiger partial charge in [0.15, 0.2) is 0 Å². The zero-order chi connectivity index (χ0) is 13.1. The fourth-order valence-electron chi connectivity index (χ4n) is 2.74. The SMILES string of the molecule is CNC1CCN(C(=O)c2ccccc2C)CC1C. The lowest BCUT2D eigenvalue weighted by Crippen LogP contribution is -2.49. The highest BCUT2D eigenvalue weighted by molar-refractivity contribution is 5.95. The summed E-state index contributed by atoms with van der Waals surface area (Å²) in [4.78, 5) is 14.5. The Kier molecular flexibility index (Phi) is 4.02. The summed E-state index contributed by atoms with van der Waals surface area (Å²) in [6.07, 6.45) is 1.04. The minimum atomic E-state index is 0.175. The van der Waals surface area contributed by atoms with E-state index in [1.807, 2.05) is 43.1 Å². The van der Waals surface area contributed by atoms with Crippen molar-refractivity contribution in [3.05, 3.63) is 35.4 Å². The number of hydrogen-bond acceptors (Lipinski definition) is 2. The van der Waals surface area contributed by atoms with Crippen LogP contribution < -0.4 is 5.32 Å². The molecular weight excluding hydrogens is 224 g/mol. The highest BCUT2D eigenvalue weighted by atomic mass is 16.2. The summed E-state index contributed by atoms with van der Waals surface area (Å²) < 4.78 is 0. The van der Waals surface area contributed by atoms with Crippen LogP contribution >= 0.6 is 0 Å². The van der Waals surface area contributed by atoms with Crippen molar-refractivity contribution in [2.24, 2.45) is 5.92 Å². The molecule has 2 atom stereocenters. The summed E-state index contributed by atoms with van der Waals surface area (Å²) in [6, 6.07) is 8.36. The van der Waals surface area contributed by atoms with E-state index in [-0.39, 0.29) is 5.91 Å². The summed E-state index contributed by atoms with van der Waals surface area (Å²) in [5.74, 6) is 0.686. The summed E-state index contributed by atoms with van der Waals surface area (Å²) in [5, 5.41) is 3.33. The van der Waals surface area contributed by atoms with E-state index in [0.29, 0.717) is 12.0 Å². The van der Waals surface area contributed by atoms with Gasteiger partial charge in [-0.25, -0.2) is 0 Å². The molecule has 2 unspecified atom stereocenters. The van der Waals surface area contributed by atoms with Crippen molar-refractivity contribution in [3.63, 3.8) is 0 Å². The third kappa shape index (κ3) is 2.56. The van der Waals surface area contributed by atoms with Crippen LogP contribution in [-0.2, 0) is 0 Å². The fraction of sp³-hybridized carbons (Fsp3) is 0.533. The largest absolute Gasteiger partial charge is 0.338 e. The Morgan fingerprint density at radius 2 is 2.11 bits per heavy atom. The zero-order valence-electron chi connectivity index (χ0n) is 11.4. The molecule has 1 amide bonds. The maximum Gasteiger partial charge on any atom is 0.254 e. The van der Waals surface area contributed by atoms with Gasteiger partial charge >= 0.3 is 0 Å². The minimum Gasteiger partial charge on any atom is -0.338 e. The van der Waals surface area contributed by atoms with Crippen LogP contribution in [0.3, 0.4) is 0 Å². The van der Waals surface area contributed by atoms with Crippen LogP contribution in [0.4, 0.5) is 0 Å². The molecule has 1 saturated heterocycles. The minimum absolute atomic E-state index is 0.175. The standard InChI is InChI=1S/C15H22N2O/c1-11-6-4-5-7-13(11)15(18)17-9-8-14(16-3)12(2)10-17/h4-7,12,14,16H,8-10H2,1-3H3. The molecule has 0 saturated carbocycles. The van der Waals surface area contributed by atoms with E-state index in [1.165, 1.54) is 0 Å². The monoisotopic (exact) mass is 246 g/mol. The van der Waals surface area contributed by atoms with Gasteiger partial charge in [-0.05, 0) is 37.9 Å². The fourth-order valence-corrected chi connectivity index (χ4v) is 2.74. The normalized spacial score (nSPS) is 24.1. The first-order chi connectivity index (χ1) is 8.63. The molecule has 1 N–H and O–H groups in total. The second kappa shape index (κ2) is 5.53. The molecule has 1 aliphatic rings. The lowest BCUT2D eigenvalue weighted by atomic mass is 9.93. The Hall–Kier alpha value is -1.35. The molecule has 0 spiro atoms. The Morgan fingerprint density at radius 3 is 2.72 bits per heavy atom. The van der Waals surface area contributed by atoms with Crippen LogP contribution in [0.5, 0.6) is 0 Å². The van der Waals surface area contributed by atoms with Gasteiger partial charge in [0.05, 0.1) is 0 Å². The van der Waals surface area contributed by atoms with Crippen molar-refractivity contribution in [1.82, 2.24) is 10.2 Å². The van der Waals surface area contributed by atoms with Crippen molar-refractivity contribution >= 4 is 5.91 Å². The first kappa shape index (κ1) is 13.1. The van der Waals surface area contributed by atoms with E-state index in [2.05, 4.69) is 12.2 Å². The molecule has 0 aliphatic carbocycles. The smallest absolute Gasteiger partial charge is 0.254 e. The van der Waals surface area contributed by atoms with Crippen molar-refractivity contribution in [1.29, 1.82) is 0 Å². The summed E-state index contributed by atoms with van der Waals surface area (Å²) in [6.45, 7) is 5.90. The molecule has 1 heterocycles. The van der Waals surface area contributed by atoms with Crippen LogP contribution in [0.2, 0.25) is 0 Å².